The molecule has 1 aromatic carbocycles. The maximum Gasteiger partial charge on any atom is 0.311 e. The molecule has 4 heteroatoms. The van der Waals surface area contributed by atoms with E-state index in [4.69, 9.17) is 14.2 Å². The van der Waals surface area contributed by atoms with Gasteiger partial charge in [-0.2, -0.15) is 0 Å². The number of carbonyl (C=O) groups excluding carboxylic acids is 1. The minimum absolute atomic E-state index is 0.119. The lowest BCUT2D eigenvalue weighted by Crippen LogP contribution is -2.32. The van der Waals surface area contributed by atoms with E-state index in [0.717, 1.165) is 30.8 Å². The zero-order chi connectivity index (χ0) is 19.4. The van der Waals surface area contributed by atoms with Crippen molar-refractivity contribution < 1.29 is 19.0 Å². The molecule has 0 radical (unpaired) electrons. The van der Waals surface area contributed by atoms with Crippen molar-refractivity contribution in [1.82, 2.24) is 0 Å². The molecule has 0 saturated carbocycles. The third-order valence-corrected chi connectivity index (χ3v) is 3.76. The number of esters is 1. The summed E-state index contributed by atoms with van der Waals surface area (Å²) < 4.78 is 17.0. The standard InChI is InChI=1S/C22H30O4/c1-21(2,3)20(23)25-15-18(26-22(4,5)6)11-9-16-10-12-19-17(14-16)8-7-13-24-19/h10,12,14,18H,7-8,13,15H2,1-6H3/t18-/m0/s1. The third-order valence-electron chi connectivity index (χ3n) is 3.76. The van der Waals surface area contributed by atoms with Crippen LogP contribution in [-0.2, 0) is 20.7 Å². The first-order chi connectivity index (χ1) is 12.0. The van der Waals surface area contributed by atoms with Crippen molar-refractivity contribution in [1.29, 1.82) is 0 Å². The number of ether oxygens (including phenoxy) is 3. The van der Waals surface area contributed by atoms with E-state index in [1.165, 1.54) is 5.56 Å². The Hall–Kier alpha value is -1.99. The Morgan fingerprint density at radius 1 is 1.23 bits per heavy atom. The minimum atomic E-state index is -0.543. The van der Waals surface area contributed by atoms with Crippen LogP contribution in [0.2, 0.25) is 0 Å². The average molecular weight is 358 g/mol. The molecule has 0 aliphatic carbocycles. The highest BCUT2D eigenvalue weighted by molar-refractivity contribution is 5.75. The highest BCUT2D eigenvalue weighted by atomic mass is 16.6. The van der Waals surface area contributed by atoms with E-state index in [0.29, 0.717) is 0 Å². The van der Waals surface area contributed by atoms with Crippen LogP contribution in [0.15, 0.2) is 18.2 Å². The first-order valence-corrected chi connectivity index (χ1v) is 9.17. The molecule has 0 saturated heterocycles. The van der Waals surface area contributed by atoms with Crippen LogP contribution in [0.4, 0.5) is 0 Å². The summed E-state index contributed by atoms with van der Waals surface area (Å²) in [7, 11) is 0. The molecule has 0 spiro atoms. The van der Waals surface area contributed by atoms with Gasteiger partial charge in [-0.15, -0.1) is 0 Å². The van der Waals surface area contributed by atoms with E-state index in [1.54, 1.807) is 0 Å². The van der Waals surface area contributed by atoms with Gasteiger partial charge in [0.15, 0.2) is 6.10 Å². The van der Waals surface area contributed by atoms with Crippen LogP contribution in [0.5, 0.6) is 5.75 Å². The number of hydrogen-bond acceptors (Lipinski definition) is 4. The average Bonchev–Trinajstić information content (AvgIpc) is 2.54. The van der Waals surface area contributed by atoms with E-state index in [9.17, 15) is 4.79 Å². The van der Waals surface area contributed by atoms with Crippen molar-refractivity contribution in [2.24, 2.45) is 5.41 Å². The fourth-order valence-electron chi connectivity index (χ4n) is 2.50. The molecule has 4 nitrogen and oxygen atoms in total. The molecular formula is C22H30O4. The zero-order valence-corrected chi connectivity index (χ0v) is 16.8. The number of carbonyl (C=O) groups is 1. The van der Waals surface area contributed by atoms with Crippen LogP contribution in [0.3, 0.4) is 0 Å². The van der Waals surface area contributed by atoms with Crippen molar-refractivity contribution in [3.8, 4) is 17.6 Å². The number of aryl methyl sites for hydroxylation is 1. The predicted molar refractivity (Wildman–Crippen MR) is 102 cm³/mol. The summed E-state index contributed by atoms with van der Waals surface area (Å²) in [6.45, 7) is 12.3. The van der Waals surface area contributed by atoms with Crippen LogP contribution >= 0.6 is 0 Å². The smallest absolute Gasteiger partial charge is 0.311 e. The molecule has 1 aromatic rings. The van der Waals surface area contributed by atoms with Crippen molar-refractivity contribution in [3.05, 3.63) is 29.3 Å². The zero-order valence-electron chi connectivity index (χ0n) is 16.8. The Morgan fingerprint density at radius 2 is 1.96 bits per heavy atom. The highest BCUT2D eigenvalue weighted by Crippen LogP contribution is 2.25. The summed E-state index contributed by atoms with van der Waals surface area (Å²) >= 11 is 0. The molecule has 142 valence electrons. The van der Waals surface area contributed by atoms with Gasteiger partial charge in [0.25, 0.3) is 0 Å². The molecule has 0 N–H and O–H groups in total. The van der Waals surface area contributed by atoms with E-state index in [2.05, 4.69) is 17.9 Å². The Morgan fingerprint density at radius 3 is 2.62 bits per heavy atom. The van der Waals surface area contributed by atoms with Gasteiger partial charge >= 0.3 is 5.97 Å². The molecule has 0 aromatic heterocycles. The molecule has 1 aliphatic heterocycles. The first kappa shape index (κ1) is 20.3. The molecule has 26 heavy (non-hydrogen) atoms. The lowest BCUT2D eigenvalue weighted by molar-refractivity contribution is -0.158. The van der Waals surface area contributed by atoms with Gasteiger partial charge in [0.1, 0.15) is 12.4 Å². The van der Waals surface area contributed by atoms with E-state index >= 15 is 0 Å². The lowest BCUT2D eigenvalue weighted by Gasteiger charge is -2.25. The molecule has 1 aliphatic rings. The van der Waals surface area contributed by atoms with Gasteiger partial charge in [0.2, 0.25) is 0 Å². The van der Waals surface area contributed by atoms with Gasteiger partial charge in [-0.3, -0.25) is 4.79 Å². The molecule has 0 amide bonds. The van der Waals surface area contributed by atoms with Gasteiger partial charge in [-0.25, -0.2) is 0 Å². The van der Waals surface area contributed by atoms with Gasteiger partial charge in [-0.05, 0) is 78.1 Å². The summed E-state index contributed by atoms with van der Waals surface area (Å²) in [5.74, 6) is 6.96. The van der Waals surface area contributed by atoms with Crippen LogP contribution < -0.4 is 4.74 Å². The molecule has 1 heterocycles. The SMILES string of the molecule is CC(C)(C)O[C@@H](C#Cc1ccc2c(c1)CCCO2)COC(=O)C(C)(C)C. The molecule has 2 rings (SSSR count). The maximum atomic E-state index is 12.0. The topological polar surface area (TPSA) is 44.8 Å². The van der Waals surface area contributed by atoms with Crippen molar-refractivity contribution in [3.63, 3.8) is 0 Å². The Labute approximate surface area is 157 Å². The summed E-state index contributed by atoms with van der Waals surface area (Å²) in [5, 5.41) is 0. The summed E-state index contributed by atoms with van der Waals surface area (Å²) in [5.41, 5.74) is 1.18. The summed E-state index contributed by atoms with van der Waals surface area (Å²) in [6.07, 6.45) is 1.56. The molecule has 0 unspecified atom stereocenters. The number of benzene rings is 1. The second-order valence-corrected chi connectivity index (χ2v) is 8.61. The number of hydrogen-bond donors (Lipinski definition) is 0. The second kappa shape index (κ2) is 8.14. The van der Waals surface area contributed by atoms with Crippen LogP contribution in [0.25, 0.3) is 0 Å². The molecule has 0 bridgehead atoms. The highest BCUT2D eigenvalue weighted by Gasteiger charge is 2.25. The minimum Gasteiger partial charge on any atom is -0.493 e. The van der Waals surface area contributed by atoms with E-state index < -0.39 is 11.5 Å². The molecule has 0 fully saturated rings. The Bertz CT molecular complexity index is 696. The molecular weight excluding hydrogens is 328 g/mol. The predicted octanol–water partition coefficient (Wildman–Crippen LogP) is 4.14. The van der Waals surface area contributed by atoms with Crippen LogP contribution in [-0.4, -0.2) is 30.9 Å². The van der Waals surface area contributed by atoms with Crippen molar-refractivity contribution in [2.75, 3.05) is 13.2 Å². The van der Waals surface area contributed by atoms with Gasteiger partial charge in [0.05, 0.1) is 17.6 Å². The lowest BCUT2D eigenvalue weighted by atomic mass is 9.97. The fraction of sp³-hybridized carbons (Fsp3) is 0.591. The molecule has 1 atom stereocenters. The third kappa shape index (κ3) is 6.38. The van der Waals surface area contributed by atoms with Gasteiger partial charge < -0.3 is 14.2 Å². The quantitative estimate of drug-likeness (QED) is 0.602. The van der Waals surface area contributed by atoms with E-state index in [1.807, 2.05) is 53.7 Å². The monoisotopic (exact) mass is 358 g/mol. The fourth-order valence-corrected chi connectivity index (χ4v) is 2.50. The summed E-state index contributed by atoms with van der Waals surface area (Å²) in [6, 6.07) is 5.99. The largest absolute Gasteiger partial charge is 0.493 e. The second-order valence-electron chi connectivity index (χ2n) is 8.61. The Kier molecular flexibility index (Phi) is 6.36. The van der Waals surface area contributed by atoms with Crippen molar-refractivity contribution >= 4 is 5.97 Å². The van der Waals surface area contributed by atoms with Crippen molar-refractivity contribution in [2.45, 2.75) is 66.1 Å². The van der Waals surface area contributed by atoms with Crippen LogP contribution in [0.1, 0.15) is 59.1 Å². The first-order valence-electron chi connectivity index (χ1n) is 9.17. The number of fused-ring (bicyclic) bond motifs is 1. The Balaban J connectivity index is 2.11. The van der Waals surface area contributed by atoms with Crippen LogP contribution in [0, 0.1) is 17.3 Å². The van der Waals surface area contributed by atoms with Gasteiger partial charge in [-0.1, -0.05) is 11.8 Å². The summed E-state index contributed by atoms with van der Waals surface area (Å²) in [4.78, 5) is 12.0. The van der Waals surface area contributed by atoms with Gasteiger partial charge in [0, 0.05) is 5.56 Å². The maximum absolute atomic E-state index is 12.0. The van der Waals surface area contributed by atoms with E-state index in [-0.39, 0.29) is 18.2 Å². The number of rotatable bonds is 3. The normalized spacial score (nSPS) is 15.2.